The number of nitrogens with one attached hydrogen (secondary N) is 1. The number of hydrazone groups is 1. The van der Waals surface area contributed by atoms with Crippen molar-refractivity contribution in [1.29, 1.82) is 0 Å². The Labute approximate surface area is 148 Å². The fraction of sp³-hybridized carbons (Fsp3) is 0.118. The van der Waals surface area contributed by atoms with Crippen LogP contribution in [0.2, 0.25) is 5.02 Å². The molecule has 0 atom stereocenters. The first-order valence-corrected chi connectivity index (χ1v) is 7.57. The van der Waals surface area contributed by atoms with Crippen molar-refractivity contribution in [2.75, 3.05) is 13.2 Å². The third-order valence-corrected chi connectivity index (χ3v) is 3.17. The zero-order chi connectivity index (χ0) is 18.1. The molecule has 0 aliphatic heterocycles. The lowest BCUT2D eigenvalue weighted by Crippen LogP contribution is -2.24. The highest BCUT2D eigenvalue weighted by atomic mass is 35.5. The molecule has 2 rings (SSSR count). The molecule has 0 saturated heterocycles. The Bertz CT molecular complexity index is 779. The monoisotopic (exact) mass is 362 g/mol. The quantitative estimate of drug-likeness (QED) is 0.555. The van der Waals surface area contributed by atoms with E-state index in [1.54, 1.807) is 48.5 Å². The molecule has 130 valence electrons. The van der Waals surface area contributed by atoms with Gasteiger partial charge in [0.25, 0.3) is 5.91 Å². The number of carboxylic acid groups (broad SMARTS) is 1. The molecule has 2 N–H and O–H groups in total. The summed E-state index contributed by atoms with van der Waals surface area (Å²) in [7, 11) is 0. The second-order valence-corrected chi connectivity index (χ2v) is 5.14. The van der Waals surface area contributed by atoms with Gasteiger partial charge in [-0.25, -0.2) is 10.2 Å². The molecule has 8 heteroatoms. The Hall–Kier alpha value is -3.06. The van der Waals surface area contributed by atoms with Gasteiger partial charge in [0, 0.05) is 5.56 Å². The van der Waals surface area contributed by atoms with E-state index in [0.717, 1.165) is 0 Å². The lowest BCUT2D eigenvalue weighted by Gasteiger charge is -2.07. The molecule has 0 heterocycles. The van der Waals surface area contributed by atoms with Crippen molar-refractivity contribution < 1.29 is 24.2 Å². The van der Waals surface area contributed by atoms with Gasteiger partial charge in [-0.1, -0.05) is 35.9 Å². The van der Waals surface area contributed by atoms with Crippen molar-refractivity contribution in [2.24, 2.45) is 5.10 Å². The smallest absolute Gasteiger partial charge is 0.341 e. The van der Waals surface area contributed by atoms with Gasteiger partial charge in [0.15, 0.2) is 13.2 Å². The highest BCUT2D eigenvalue weighted by molar-refractivity contribution is 6.32. The van der Waals surface area contributed by atoms with Crippen LogP contribution >= 0.6 is 11.6 Å². The van der Waals surface area contributed by atoms with E-state index < -0.39 is 18.5 Å². The third-order valence-electron chi connectivity index (χ3n) is 2.86. The Morgan fingerprint density at radius 3 is 2.40 bits per heavy atom. The van der Waals surface area contributed by atoms with Crippen molar-refractivity contribution >= 4 is 29.7 Å². The summed E-state index contributed by atoms with van der Waals surface area (Å²) in [6, 6.07) is 13.5. The summed E-state index contributed by atoms with van der Waals surface area (Å²) in [5.74, 6) is -0.817. The molecule has 0 aromatic heterocycles. The van der Waals surface area contributed by atoms with Crippen LogP contribution in [0.3, 0.4) is 0 Å². The minimum atomic E-state index is -1.09. The van der Waals surface area contributed by atoms with Crippen LogP contribution in [0.1, 0.15) is 5.56 Å². The minimum absolute atomic E-state index is 0.252. The van der Waals surface area contributed by atoms with Gasteiger partial charge < -0.3 is 14.6 Å². The van der Waals surface area contributed by atoms with Crippen molar-refractivity contribution in [3.63, 3.8) is 0 Å². The van der Waals surface area contributed by atoms with Crippen LogP contribution < -0.4 is 14.9 Å². The summed E-state index contributed by atoms with van der Waals surface area (Å²) < 4.78 is 10.4. The average molecular weight is 363 g/mol. The molecule has 2 aromatic carbocycles. The summed E-state index contributed by atoms with van der Waals surface area (Å²) in [6.45, 7) is -0.721. The SMILES string of the molecule is O=C(O)COc1ccccc1/C=N\NC(=O)COc1ccccc1Cl. The fourth-order valence-electron chi connectivity index (χ4n) is 1.77. The normalized spacial score (nSPS) is 10.4. The van der Waals surface area contributed by atoms with Crippen molar-refractivity contribution in [3.05, 3.63) is 59.1 Å². The molecule has 0 fully saturated rings. The molecule has 0 aliphatic carbocycles. The minimum Gasteiger partial charge on any atom is -0.482 e. The van der Waals surface area contributed by atoms with E-state index in [0.29, 0.717) is 22.1 Å². The molecule has 2 aromatic rings. The Kier molecular flexibility index (Phi) is 6.79. The van der Waals surface area contributed by atoms with Crippen LogP contribution in [0, 0.1) is 0 Å². The van der Waals surface area contributed by atoms with E-state index in [1.807, 2.05) is 0 Å². The largest absolute Gasteiger partial charge is 0.482 e. The van der Waals surface area contributed by atoms with Gasteiger partial charge in [-0.05, 0) is 24.3 Å². The number of benzene rings is 2. The molecule has 0 unspecified atom stereocenters. The number of halogens is 1. The summed E-state index contributed by atoms with van der Waals surface area (Å²) in [4.78, 5) is 22.3. The number of hydrogen-bond donors (Lipinski definition) is 2. The molecule has 1 amide bonds. The van der Waals surface area contributed by atoms with Crippen LogP contribution in [0.15, 0.2) is 53.6 Å². The van der Waals surface area contributed by atoms with Gasteiger partial charge >= 0.3 is 5.97 Å². The molecule has 25 heavy (non-hydrogen) atoms. The summed E-state index contributed by atoms with van der Waals surface area (Å²) in [5.41, 5.74) is 2.83. The van der Waals surface area contributed by atoms with E-state index in [-0.39, 0.29) is 6.61 Å². The number of rotatable bonds is 8. The topological polar surface area (TPSA) is 97.2 Å². The Morgan fingerprint density at radius 1 is 1.04 bits per heavy atom. The maximum atomic E-state index is 11.7. The second-order valence-electron chi connectivity index (χ2n) is 4.73. The first-order chi connectivity index (χ1) is 12.1. The van der Waals surface area contributed by atoms with Crippen LogP contribution in [-0.4, -0.2) is 36.4 Å². The number of carbonyl (C=O) groups excluding carboxylic acids is 1. The van der Waals surface area contributed by atoms with Gasteiger partial charge in [-0.15, -0.1) is 0 Å². The molecule has 0 saturated carbocycles. The van der Waals surface area contributed by atoms with Crippen molar-refractivity contribution in [1.82, 2.24) is 5.43 Å². The number of ether oxygens (including phenoxy) is 2. The molecule has 7 nitrogen and oxygen atoms in total. The predicted molar refractivity (Wildman–Crippen MR) is 92.3 cm³/mol. The van der Waals surface area contributed by atoms with Gasteiger partial charge in [0.2, 0.25) is 0 Å². The first kappa shape index (κ1) is 18.3. The molecule has 0 aliphatic rings. The average Bonchev–Trinajstić information content (AvgIpc) is 2.60. The molecule has 0 bridgehead atoms. The maximum Gasteiger partial charge on any atom is 0.341 e. The van der Waals surface area contributed by atoms with Crippen LogP contribution in [0.5, 0.6) is 11.5 Å². The zero-order valence-corrected chi connectivity index (χ0v) is 13.8. The van der Waals surface area contributed by atoms with Gasteiger partial charge in [0.1, 0.15) is 11.5 Å². The van der Waals surface area contributed by atoms with Gasteiger partial charge in [0.05, 0.1) is 11.2 Å². The van der Waals surface area contributed by atoms with Gasteiger partial charge in [-0.2, -0.15) is 5.10 Å². The molecule has 0 spiro atoms. The molecule has 0 radical (unpaired) electrons. The molecular weight excluding hydrogens is 348 g/mol. The number of amides is 1. The van der Waals surface area contributed by atoms with E-state index in [2.05, 4.69) is 10.5 Å². The number of para-hydroxylation sites is 2. The van der Waals surface area contributed by atoms with Crippen molar-refractivity contribution in [3.8, 4) is 11.5 Å². The van der Waals surface area contributed by atoms with E-state index in [9.17, 15) is 9.59 Å². The second kappa shape index (κ2) is 9.29. The van der Waals surface area contributed by atoms with Crippen molar-refractivity contribution in [2.45, 2.75) is 0 Å². The lowest BCUT2D eigenvalue weighted by molar-refractivity contribution is -0.139. The standard InChI is InChI=1S/C17H15ClN2O5/c18-13-6-2-4-8-15(13)24-10-16(21)20-19-9-12-5-1-3-7-14(12)25-11-17(22)23/h1-9H,10-11H2,(H,20,21)(H,22,23)/b19-9-. The Morgan fingerprint density at radius 2 is 1.68 bits per heavy atom. The highest BCUT2D eigenvalue weighted by Crippen LogP contribution is 2.22. The molecular formula is C17H15ClN2O5. The number of carboxylic acids is 1. The zero-order valence-electron chi connectivity index (χ0n) is 13.0. The summed E-state index contributed by atoms with van der Waals surface area (Å²) in [5, 5.41) is 12.9. The van der Waals surface area contributed by atoms with Gasteiger partial charge in [-0.3, -0.25) is 4.79 Å². The maximum absolute atomic E-state index is 11.7. The fourth-order valence-corrected chi connectivity index (χ4v) is 1.96. The summed E-state index contributed by atoms with van der Waals surface area (Å²) in [6.07, 6.45) is 1.35. The Balaban J connectivity index is 1.87. The van der Waals surface area contributed by atoms with E-state index in [4.69, 9.17) is 26.2 Å². The highest BCUT2D eigenvalue weighted by Gasteiger charge is 2.06. The first-order valence-electron chi connectivity index (χ1n) is 7.19. The summed E-state index contributed by atoms with van der Waals surface area (Å²) >= 11 is 5.92. The predicted octanol–water partition coefficient (Wildman–Crippen LogP) is 2.33. The van der Waals surface area contributed by atoms with Crippen LogP contribution in [-0.2, 0) is 9.59 Å². The van der Waals surface area contributed by atoms with Crippen LogP contribution in [0.25, 0.3) is 0 Å². The number of nitrogens with zero attached hydrogens (tertiary/aromatic N) is 1. The third kappa shape index (κ3) is 6.15. The number of carbonyl (C=O) groups is 2. The lowest BCUT2D eigenvalue weighted by atomic mass is 10.2. The van der Waals surface area contributed by atoms with E-state index in [1.165, 1.54) is 6.21 Å². The van der Waals surface area contributed by atoms with E-state index >= 15 is 0 Å². The number of aliphatic carboxylic acids is 1. The number of hydrogen-bond acceptors (Lipinski definition) is 5. The van der Waals surface area contributed by atoms with Crippen LogP contribution in [0.4, 0.5) is 0 Å².